The maximum Gasteiger partial charge on any atom is 0.255 e. The second-order valence-corrected chi connectivity index (χ2v) is 6.12. The first-order chi connectivity index (χ1) is 13.0. The molecule has 0 aliphatic heterocycles. The highest BCUT2D eigenvalue weighted by atomic mass is 19.1. The van der Waals surface area contributed by atoms with Crippen molar-refractivity contribution < 1.29 is 14.0 Å². The maximum absolute atomic E-state index is 13.7. The van der Waals surface area contributed by atoms with Crippen LogP contribution in [0.4, 0.5) is 10.1 Å². The number of hydrogen-bond donors (Lipinski definition) is 2. The molecular formula is C22H19FN2O2. The number of rotatable bonds is 5. The number of anilines is 1. The number of benzene rings is 3. The van der Waals surface area contributed by atoms with E-state index in [0.717, 1.165) is 11.1 Å². The average Bonchev–Trinajstić information content (AvgIpc) is 2.69. The van der Waals surface area contributed by atoms with E-state index in [2.05, 4.69) is 10.6 Å². The van der Waals surface area contributed by atoms with E-state index < -0.39 is 11.7 Å². The third-order valence-electron chi connectivity index (χ3n) is 4.21. The normalized spacial score (nSPS) is 10.3. The fourth-order valence-corrected chi connectivity index (χ4v) is 2.64. The summed E-state index contributed by atoms with van der Waals surface area (Å²) < 4.78 is 13.7. The third kappa shape index (κ3) is 4.58. The number of halogens is 1. The molecule has 0 aromatic heterocycles. The van der Waals surface area contributed by atoms with E-state index >= 15 is 0 Å². The van der Waals surface area contributed by atoms with Crippen LogP contribution in [-0.4, -0.2) is 11.8 Å². The number of amides is 2. The van der Waals surface area contributed by atoms with Crippen LogP contribution < -0.4 is 10.6 Å². The van der Waals surface area contributed by atoms with Gasteiger partial charge in [-0.15, -0.1) is 0 Å². The molecule has 0 heterocycles. The lowest BCUT2D eigenvalue weighted by atomic mass is 10.1. The molecule has 3 aromatic rings. The minimum absolute atomic E-state index is 0.0944. The van der Waals surface area contributed by atoms with E-state index in [1.807, 2.05) is 31.2 Å². The molecular weight excluding hydrogens is 343 g/mol. The highest BCUT2D eigenvalue weighted by Gasteiger charge is 2.12. The summed E-state index contributed by atoms with van der Waals surface area (Å²) in [6, 6.07) is 20.0. The maximum atomic E-state index is 13.7. The molecule has 2 N–H and O–H groups in total. The van der Waals surface area contributed by atoms with Crippen molar-refractivity contribution in [3.05, 3.63) is 101 Å². The molecule has 0 aliphatic rings. The van der Waals surface area contributed by atoms with E-state index in [1.165, 1.54) is 18.2 Å². The largest absolute Gasteiger partial charge is 0.348 e. The van der Waals surface area contributed by atoms with Crippen LogP contribution >= 0.6 is 0 Å². The second-order valence-electron chi connectivity index (χ2n) is 6.12. The van der Waals surface area contributed by atoms with Gasteiger partial charge in [-0.05, 0) is 48.4 Å². The minimum atomic E-state index is -0.516. The van der Waals surface area contributed by atoms with Gasteiger partial charge in [-0.2, -0.15) is 0 Å². The van der Waals surface area contributed by atoms with Crippen LogP contribution in [0.1, 0.15) is 31.8 Å². The van der Waals surface area contributed by atoms with Crippen molar-refractivity contribution in [2.75, 3.05) is 5.32 Å². The Morgan fingerprint density at radius 3 is 2.26 bits per heavy atom. The Bertz CT molecular complexity index is 985. The topological polar surface area (TPSA) is 58.2 Å². The molecule has 0 saturated carbocycles. The molecule has 27 heavy (non-hydrogen) atoms. The molecule has 0 atom stereocenters. The molecule has 0 spiro atoms. The molecule has 0 bridgehead atoms. The van der Waals surface area contributed by atoms with Gasteiger partial charge in [0.2, 0.25) is 0 Å². The summed E-state index contributed by atoms with van der Waals surface area (Å²) in [6.45, 7) is 2.38. The van der Waals surface area contributed by atoms with Gasteiger partial charge in [0.25, 0.3) is 11.8 Å². The van der Waals surface area contributed by atoms with Gasteiger partial charge < -0.3 is 10.6 Å². The van der Waals surface area contributed by atoms with Gasteiger partial charge in [-0.1, -0.05) is 42.5 Å². The number of nitrogens with one attached hydrogen (secondary N) is 2. The zero-order valence-corrected chi connectivity index (χ0v) is 14.8. The standard InChI is InChI=1S/C22H19FN2O2/c1-15-7-2-3-8-18(15)14-24-21(26)16-9-6-10-17(13-16)22(27)25-20-12-5-4-11-19(20)23/h2-13H,14H2,1H3,(H,24,26)(H,25,27). The zero-order valence-electron chi connectivity index (χ0n) is 14.8. The van der Waals surface area contributed by atoms with Crippen LogP contribution in [0, 0.1) is 12.7 Å². The Labute approximate surface area is 157 Å². The van der Waals surface area contributed by atoms with Gasteiger partial charge in [0.05, 0.1) is 5.69 Å². The van der Waals surface area contributed by atoms with E-state index in [1.54, 1.807) is 30.3 Å². The molecule has 3 rings (SSSR count). The monoisotopic (exact) mass is 362 g/mol. The lowest BCUT2D eigenvalue weighted by molar-refractivity contribution is 0.0951. The average molecular weight is 362 g/mol. The second kappa shape index (κ2) is 8.27. The van der Waals surface area contributed by atoms with Crippen molar-refractivity contribution in [2.45, 2.75) is 13.5 Å². The van der Waals surface area contributed by atoms with E-state index in [-0.39, 0.29) is 17.2 Å². The summed E-state index contributed by atoms with van der Waals surface area (Å²) in [7, 11) is 0. The zero-order chi connectivity index (χ0) is 19.2. The van der Waals surface area contributed by atoms with Gasteiger partial charge in [-0.3, -0.25) is 9.59 Å². The Kier molecular flexibility index (Phi) is 5.61. The van der Waals surface area contributed by atoms with Crippen molar-refractivity contribution in [3.8, 4) is 0 Å². The molecule has 4 nitrogen and oxygen atoms in total. The highest BCUT2D eigenvalue weighted by Crippen LogP contribution is 2.15. The van der Waals surface area contributed by atoms with Crippen LogP contribution in [0.2, 0.25) is 0 Å². The van der Waals surface area contributed by atoms with Crippen LogP contribution in [-0.2, 0) is 6.54 Å². The van der Waals surface area contributed by atoms with E-state index in [9.17, 15) is 14.0 Å². The molecule has 3 aromatic carbocycles. The Balaban J connectivity index is 1.69. The molecule has 136 valence electrons. The highest BCUT2D eigenvalue weighted by molar-refractivity contribution is 6.06. The van der Waals surface area contributed by atoms with Crippen molar-refractivity contribution in [3.63, 3.8) is 0 Å². The van der Waals surface area contributed by atoms with Crippen molar-refractivity contribution in [1.82, 2.24) is 5.32 Å². The van der Waals surface area contributed by atoms with Crippen LogP contribution in [0.25, 0.3) is 0 Å². The first-order valence-corrected chi connectivity index (χ1v) is 8.53. The molecule has 5 heteroatoms. The van der Waals surface area contributed by atoms with Crippen molar-refractivity contribution in [1.29, 1.82) is 0 Å². The smallest absolute Gasteiger partial charge is 0.255 e. The molecule has 0 aliphatic carbocycles. The number of aryl methyl sites for hydroxylation is 1. The third-order valence-corrected chi connectivity index (χ3v) is 4.21. The summed E-state index contributed by atoms with van der Waals surface area (Å²) in [5.74, 6) is -1.27. The first kappa shape index (κ1) is 18.3. The van der Waals surface area contributed by atoms with Gasteiger partial charge in [-0.25, -0.2) is 4.39 Å². The number of carbonyl (C=O) groups excluding carboxylic acids is 2. The summed E-state index contributed by atoms with van der Waals surface area (Å²) in [5, 5.41) is 5.36. The lowest BCUT2D eigenvalue weighted by Gasteiger charge is -2.10. The molecule has 0 saturated heterocycles. The van der Waals surface area contributed by atoms with Gasteiger partial charge in [0.15, 0.2) is 0 Å². The Morgan fingerprint density at radius 2 is 1.52 bits per heavy atom. The molecule has 0 fully saturated rings. The number of carbonyl (C=O) groups is 2. The summed E-state index contributed by atoms with van der Waals surface area (Å²) in [5.41, 5.74) is 2.86. The minimum Gasteiger partial charge on any atom is -0.348 e. The summed E-state index contributed by atoms with van der Waals surface area (Å²) >= 11 is 0. The molecule has 0 radical (unpaired) electrons. The first-order valence-electron chi connectivity index (χ1n) is 8.53. The Hall–Kier alpha value is -3.47. The van der Waals surface area contributed by atoms with Crippen molar-refractivity contribution >= 4 is 17.5 Å². The van der Waals surface area contributed by atoms with Crippen LogP contribution in [0.5, 0.6) is 0 Å². The fourth-order valence-electron chi connectivity index (χ4n) is 2.64. The van der Waals surface area contributed by atoms with Gasteiger partial charge in [0.1, 0.15) is 5.82 Å². The van der Waals surface area contributed by atoms with E-state index in [0.29, 0.717) is 12.1 Å². The predicted molar refractivity (Wildman–Crippen MR) is 103 cm³/mol. The summed E-state index contributed by atoms with van der Waals surface area (Å²) in [6.07, 6.45) is 0. The van der Waals surface area contributed by atoms with Gasteiger partial charge in [0, 0.05) is 17.7 Å². The number of hydrogen-bond acceptors (Lipinski definition) is 2. The lowest BCUT2D eigenvalue weighted by Crippen LogP contribution is -2.23. The van der Waals surface area contributed by atoms with Crippen LogP contribution in [0.15, 0.2) is 72.8 Å². The van der Waals surface area contributed by atoms with Crippen LogP contribution in [0.3, 0.4) is 0 Å². The predicted octanol–water partition coefficient (Wildman–Crippen LogP) is 4.32. The fraction of sp³-hybridized carbons (Fsp3) is 0.0909. The molecule has 0 unspecified atom stereocenters. The van der Waals surface area contributed by atoms with Crippen molar-refractivity contribution in [2.24, 2.45) is 0 Å². The SMILES string of the molecule is Cc1ccccc1CNC(=O)c1cccc(C(=O)Nc2ccccc2F)c1. The summed E-state index contributed by atoms with van der Waals surface area (Å²) in [4.78, 5) is 24.8. The Morgan fingerprint density at radius 1 is 0.852 bits per heavy atom. The number of para-hydroxylation sites is 1. The molecule has 2 amide bonds. The quantitative estimate of drug-likeness (QED) is 0.710. The van der Waals surface area contributed by atoms with Gasteiger partial charge >= 0.3 is 0 Å². The van der Waals surface area contributed by atoms with E-state index in [4.69, 9.17) is 0 Å².